The minimum Gasteiger partial charge on any atom is -0.480 e. The van der Waals surface area contributed by atoms with Crippen LogP contribution in [0.2, 0.25) is 5.02 Å². The van der Waals surface area contributed by atoms with Gasteiger partial charge in [-0.2, -0.15) is 4.28 Å². The van der Waals surface area contributed by atoms with Crippen molar-refractivity contribution in [3.05, 3.63) is 28.8 Å². The van der Waals surface area contributed by atoms with E-state index < -0.39 is 34.4 Å². The van der Waals surface area contributed by atoms with E-state index in [1.54, 1.807) is 0 Å². The highest BCUT2D eigenvalue weighted by molar-refractivity contribution is 7.67. The van der Waals surface area contributed by atoms with Crippen LogP contribution < -0.4 is 5.06 Å². The summed E-state index contributed by atoms with van der Waals surface area (Å²) in [5.74, 6) is -5.20. The maximum Gasteiger partial charge on any atom is 0.322 e. The number of nitrogens with zero attached hydrogens (tertiary/aromatic N) is 1. The van der Waals surface area contributed by atoms with E-state index in [-0.39, 0.29) is 22.2 Å². The second-order valence-corrected chi connectivity index (χ2v) is 6.30. The quantitative estimate of drug-likeness (QED) is 0.300. The summed E-state index contributed by atoms with van der Waals surface area (Å²) in [6, 6.07) is 3.81. The van der Waals surface area contributed by atoms with E-state index in [1.165, 1.54) is 25.2 Å². The Balaban J connectivity index is 2.28. The van der Waals surface area contributed by atoms with Crippen molar-refractivity contribution >= 4 is 45.8 Å². The standard InChI is InChI=1S/C14H14ClNO7S/c1-16(23-24(21)22)8-4-5-9(10(15)6-8)13(18)11(14(19)20)12(17)7-2-3-7/h4-7,11,24H,2-3H2,1H3,(H,19,20). The van der Waals surface area contributed by atoms with E-state index >= 15 is 0 Å². The number of rotatable bonds is 8. The van der Waals surface area contributed by atoms with Crippen LogP contribution >= 0.6 is 11.6 Å². The first-order chi connectivity index (χ1) is 11.2. The summed E-state index contributed by atoms with van der Waals surface area (Å²) in [7, 11) is -1.81. The summed E-state index contributed by atoms with van der Waals surface area (Å²) in [5.41, 5.74) is 0.109. The summed E-state index contributed by atoms with van der Waals surface area (Å²) in [6.45, 7) is 0. The number of Topliss-reactive ketones (excluding diaryl/α,β-unsaturated/α-hetero) is 2. The number of carbonyl (C=O) groups is 3. The van der Waals surface area contributed by atoms with Crippen molar-refractivity contribution in [2.75, 3.05) is 12.1 Å². The number of hydrogen-bond acceptors (Lipinski definition) is 7. The van der Waals surface area contributed by atoms with Crippen LogP contribution in [0.3, 0.4) is 0 Å². The molecule has 0 heterocycles. The number of anilines is 1. The summed E-state index contributed by atoms with van der Waals surface area (Å²) in [6.07, 6.45) is 1.16. The first-order valence-corrected chi connectivity index (χ1v) is 8.36. The molecule has 0 radical (unpaired) electrons. The molecule has 130 valence electrons. The monoisotopic (exact) mass is 375 g/mol. The maximum absolute atomic E-state index is 12.4. The van der Waals surface area contributed by atoms with Crippen molar-refractivity contribution in [2.45, 2.75) is 12.8 Å². The first kappa shape index (κ1) is 18.4. The Bertz CT molecular complexity index is 764. The molecular formula is C14H14ClNO7S. The normalized spacial score (nSPS) is 15.1. The third-order valence-corrected chi connectivity index (χ3v) is 4.24. The van der Waals surface area contributed by atoms with Gasteiger partial charge in [-0.05, 0) is 31.0 Å². The molecule has 1 aliphatic rings. The Kier molecular flexibility index (Phi) is 5.58. The SMILES string of the molecule is CN(O[SH](=O)=O)c1ccc(C(=O)C(C(=O)O)C(=O)C2CC2)c(Cl)c1. The summed E-state index contributed by atoms with van der Waals surface area (Å²) in [5, 5.41) is 10.0. The zero-order chi connectivity index (χ0) is 18.0. The van der Waals surface area contributed by atoms with Gasteiger partial charge in [-0.25, -0.2) is 13.5 Å². The molecule has 1 atom stereocenters. The zero-order valence-corrected chi connectivity index (χ0v) is 14.1. The Hall–Kier alpha value is -1.97. The summed E-state index contributed by atoms with van der Waals surface area (Å²) >= 11 is 6.00. The van der Waals surface area contributed by atoms with Gasteiger partial charge in [0.1, 0.15) is 0 Å². The van der Waals surface area contributed by atoms with E-state index in [1.807, 2.05) is 0 Å². The largest absolute Gasteiger partial charge is 0.480 e. The van der Waals surface area contributed by atoms with Crippen molar-refractivity contribution in [1.82, 2.24) is 0 Å². The van der Waals surface area contributed by atoms with Crippen molar-refractivity contribution < 1.29 is 32.2 Å². The van der Waals surface area contributed by atoms with Gasteiger partial charge in [0.25, 0.3) is 11.0 Å². The number of aliphatic carboxylic acids is 1. The second-order valence-electron chi connectivity index (χ2n) is 5.28. The Labute approximate surface area is 144 Å². The van der Waals surface area contributed by atoms with E-state index in [9.17, 15) is 27.9 Å². The number of halogens is 1. The van der Waals surface area contributed by atoms with Crippen molar-refractivity contribution in [2.24, 2.45) is 11.8 Å². The fourth-order valence-electron chi connectivity index (χ4n) is 2.17. The average molecular weight is 376 g/mol. The molecule has 1 aromatic carbocycles. The van der Waals surface area contributed by atoms with Crippen LogP contribution in [0.1, 0.15) is 23.2 Å². The van der Waals surface area contributed by atoms with Gasteiger partial charge in [0, 0.05) is 18.5 Å². The molecule has 0 bridgehead atoms. The predicted octanol–water partition coefficient (Wildman–Crippen LogP) is 1.10. The molecule has 8 nitrogen and oxygen atoms in total. The summed E-state index contributed by atoms with van der Waals surface area (Å²) in [4.78, 5) is 35.8. The number of hydrogen-bond donors (Lipinski definition) is 2. The van der Waals surface area contributed by atoms with Crippen LogP contribution in [0.25, 0.3) is 0 Å². The fraction of sp³-hybridized carbons (Fsp3) is 0.357. The van der Waals surface area contributed by atoms with Gasteiger partial charge in [0.2, 0.25) is 0 Å². The number of ketones is 2. The lowest BCUT2D eigenvalue weighted by atomic mass is 9.91. The van der Waals surface area contributed by atoms with Gasteiger partial charge in [-0.15, -0.1) is 0 Å². The molecule has 2 rings (SSSR count). The van der Waals surface area contributed by atoms with Gasteiger partial charge in [-0.1, -0.05) is 11.6 Å². The molecule has 1 saturated carbocycles. The first-order valence-electron chi connectivity index (χ1n) is 6.89. The minimum atomic E-state index is -3.13. The van der Waals surface area contributed by atoms with Crippen LogP contribution in [0.4, 0.5) is 5.69 Å². The minimum absolute atomic E-state index is 0.107. The lowest BCUT2D eigenvalue weighted by molar-refractivity contribution is -0.144. The van der Waals surface area contributed by atoms with Crippen LogP contribution in [0, 0.1) is 11.8 Å². The Morgan fingerprint density at radius 2 is 1.96 bits per heavy atom. The van der Waals surface area contributed by atoms with Gasteiger partial charge < -0.3 is 5.11 Å². The van der Waals surface area contributed by atoms with Gasteiger partial charge in [0.15, 0.2) is 17.5 Å². The number of benzene rings is 1. The lowest BCUT2D eigenvalue weighted by Crippen LogP contribution is -2.33. The highest BCUT2D eigenvalue weighted by Crippen LogP contribution is 2.34. The van der Waals surface area contributed by atoms with E-state index in [4.69, 9.17) is 11.6 Å². The van der Waals surface area contributed by atoms with Crippen molar-refractivity contribution in [3.63, 3.8) is 0 Å². The molecule has 24 heavy (non-hydrogen) atoms. The molecule has 0 spiro atoms. The maximum atomic E-state index is 12.4. The van der Waals surface area contributed by atoms with E-state index in [0.29, 0.717) is 12.8 Å². The molecule has 0 aromatic heterocycles. The predicted molar refractivity (Wildman–Crippen MR) is 84.4 cm³/mol. The number of carboxylic acid groups (broad SMARTS) is 1. The van der Waals surface area contributed by atoms with Gasteiger partial charge in [0.05, 0.1) is 10.7 Å². The zero-order valence-electron chi connectivity index (χ0n) is 12.5. The number of carbonyl (C=O) groups excluding carboxylic acids is 2. The van der Waals surface area contributed by atoms with Crippen LogP contribution in [0.15, 0.2) is 18.2 Å². The molecule has 1 fully saturated rings. The Morgan fingerprint density at radius 3 is 2.42 bits per heavy atom. The number of hydroxylamine groups is 1. The fourth-order valence-corrected chi connectivity index (χ4v) is 2.73. The molecule has 1 N–H and O–H groups in total. The van der Waals surface area contributed by atoms with E-state index in [2.05, 4.69) is 4.28 Å². The highest BCUT2D eigenvalue weighted by Gasteiger charge is 2.43. The smallest absolute Gasteiger partial charge is 0.322 e. The topological polar surface area (TPSA) is 118 Å². The number of thiol groups is 1. The third-order valence-electron chi connectivity index (χ3n) is 3.54. The molecule has 1 aromatic rings. The summed E-state index contributed by atoms with van der Waals surface area (Å²) < 4.78 is 25.5. The van der Waals surface area contributed by atoms with Gasteiger partial charge >= 0.3 is 5.97 Å². The highest BCUT2D eigenvalue weighted by atomic mass is 35.5. The number of carboxylic acids is 1. The Morgan fingerprint density at radius 1 is 1.33 bits per heavy atom. The molecule has 1 aliphatic carbocycles. The average Bonchev–Trinajstić information content (AvgIpc) is 3.30. The van der Waals surface area contributed by atoms with Crippen LogP contribution in [0.5, 0.6) is 0 Å². The molecular weight excluding hydrogens is 362 g/mol. The van der Waals surface area contributed by atoms with Crippen molar-refractivity contribution in [1.29, 1.82) is 0 Å². The second kappa shape index (κ2) is 7.29. The van der Waals surface area contributed by atoms with Gasteiger partial charge in [-0.3, -0.25) is 14.4 Å². The lowest BCUT2D eigenvalue weighted by Gasteiger charge is -2.16. The third kappa shape index (κ3) is 4.11. The molecule has 0 amide bonds. The molecule has 0 aliphatic heterocycles. The van der Waals surface area contributed by atoms with Crippen LogP contribution in [-0.2, 0) is 24.9 Å². The molecule has 0 saturated heterocycles. The van der Waals surface area contributed by atoms with Crippen LogP contribution in [-0.4, -0.2) is 38.1 Å². The molecule has 1 unspecified atom stereocenters. The van der Waals surface area contributed by atoms with Crippen molar-refractivity contribution in [3.8, 4) is 0 Å². The molecule has 10 heteroatoms. The van der Waals surface area contributed by atoms with E-state index in [0.717, 1.165) is 5.06 Å².